The first kappa shape index (κ1) is 22.0. The molecule has 0 aromatic heterocycles. The molecule has 2 aliphatic heterocycles. The molecule has 2 saturated heterocycles. The minimum atomic E-state index is -0.615. The zero-order chi connectivity index (χ0) is 22.7. The van der Waals surface area contributed by atoms with E-state index < -0.39 is 6.04 Å². The molecule has 0 bridgehead atoms. The number of rotatable bonds is 7. The summed E-state index contributed by atoms with van der Waals surface area (Å²) in [7, 11) is 0. The van der Waals surface area contributed by atoms with Crippen molar-refractivity contribution in [1.82, 2.24) is 9.80 Å². The van der Waals surface area contributed by atoms with Gasteiger partial charge in [-0.15, -0.1) is 0 Å². The lowest BCUT2D eigenvalue weighted by atomic mass is 10.1. The maximum absolute atomic E-state index is 13.0. The van der Waals surface area contributed by atoms with E-state index in [2.05, 4.69) is 0 Å². The van der Waals surface area contributed by atoms with Crippen LogP contribution in [-0.4, -0.2) is 63.2 Å². The van der Waals surface area contributed by atoms with E-state index >= 15 is 0 Å². The number of nitrogens with zero attached hydrogens (tertiary/aromatic N) is 3. The highest BCUT2D eigenvalue weighted by atomic mass is 32.2. The minimum Gasteiger partial charge on any atom is -0.330 e. The highest BCUT2D eigenvalue weighted by Crippen LogP contribution is 2.31. The summed E-state index contributed by atoms with van der Waals surface area (Å²) >= 11 is 1.63. The average molecular weight is 453 g/mol. The summed E-state index contributed by atoms with van der Waals surface area (Å²) in [5.41, 5.74) is 1.64. The van der Waals surface area contributed by atoms with Gasteiger partial charge in [0.15, 0.2) is 10.7 Å². The Morgan fingerprint density at radius 1 is 1.12 bits per heavy atom. The standard InChI is InChI=1S/C23H24N4O4S/c24-27(31)18-8-4-7-17(13-18)23(30)26-14-20(28)22-19(26)9-11-25(22)21(29)10-12-32-15-16-5-2-1-3-6-16/h1-8,10,13,19,22H,9,11-12,14-15H2,(H2,24,31)/q+1. The Bertz CT molecular complexity index is 1050. The number of likely N-dealkylation sites (tertiary alicyclic amines) is 2. The van der Waals surface area contributed by atoms with Gasteiger partial charge in [-0.25, -0.2) is 0 Å². The third-order valence-corrected chi connectivity index (χ3v) is 6.74. The van der Waals surface area contributed by atoms with Gasteiger partial charge in [-0.3, -0.25) is 14.4 Å². The Morgan fingerprint density at radius 3 is 2.66 bits per heavy atom. The van der Waals surface area contributed by atoms with Crippen molar-refractivity contribution < 1.29 is 19.3 Å². The largest absolute Gasteiger partial charge is 0.330 e. The van der Waals surface area contributed by atoms with Crippen molar-refractivity contribution in [2.24, 2.45) is 5.84 Å². The zero-order valence-corrected chi connectivity index (χ0v) is 18.2. The molecule has 8 nitrogen and oxygen atoms in total. The summed E-state index contributed by atoms with van der Waals surface area (Å²) in [6, 6.07) is 15.1. The van der Waals surface area contributed by atoms with E-state index in [1.807, 2.05) is 30.3 Å². The number of carbonyl (C=O) groups is 3. The molecule has 0 saturated carbocycles. The smallest absolute Gasteiger partial charge is 0.292 e. The molecule has 2 aliphatic rings. The molecule has 2 unspecified atom stereocenters. The Balaban J connectivity index is 1.36. The van der Waals surface area contributed by atoms with E-state index in [1.165, 1.54) is 22.6 Å². The lowest BCUT2D eigenvalue weighted by molar-refractivity contribution is -0.474. The van der Waals surface area contributed by atoms with Gasteiger partial charge in [0.05, 0.1) is 23.9 Å². The Hall–Kier alpha value is -3.20. The van der Waals surface area contributed by atoms with Crippen LogP contribution in [0.1, 0.15) is 22.3 Å². The first-order valence-corrected chi connectivity index (χ1v) is 11.5. The van der Waals surface area contributed by atoms with Gasteiger partial charge in [-0.05, 0) is 18.1 Å². The van der Waals surface area contributed by atoms with Crippen molar-refractivity contribution >= 4 is 35.0 Å². The Morgan fingerprint density at radius 2 is 1.91 bits per heavy atom. The van der Waals surface area contributed by atoms with Gasteiger partial charge in [0, 0.05) is 35.7 Å². The van der Waals surface area contributed by atoms with E-state index in [0.717, 1.165) is 5.75 Å². The molecule has 4 rings (SSSR count). The molecule has 32 heavy (non-hydrogen) atoms. The van der Waals surface area contributed by atoms with Crippen LogP contribution in [0.3, 0.4) is 0 Å². The number of ketones is 1. The van der Waals surface area contributed by atoms with E-state index in [1.54, 1.807) is 35.2 Å². The second kappa shape index (κ2) is 9.52. The molecule has 2 N–H and O–H groups in total. The first-order valence-electron chi connectivity index (χ1n) is 10.4. The SMILES string of the molecule is N[N+](=O)c1cccc(C(=O)N2CC(=O)C3C2CCN3C(=O)[CH]CSCc2ccccc2)c1. The van der Waals surface area contributed by atoms with Gasteiger partial charge >= 0.3 is 0 Å². The van der Waals surface area contributed by atoms with Crippen LogP contribution in [0.5, 0.6) is 0 Å². The number of nitroso groups, excluding NO2 is 1. The molecule has 165 valence electrons. The minimum absolute atomic E-state index is 0.0470. The molecule has 2 aromatic carbocycles. The number of nitrogens with two attached hydrogens (primary N) is 1. The van der Waals surface area contributed by atoms with Crippen LogP contribution in [0, 0.1) is 11.3 Å². The normalized spacial score (nSPS) is 19.8. The highest BCUT2D eigenvalue weighted by molar-refractivity contribution is 7.98. The van der Waals surface area contributed by atoms with Crippen LogP contribution < -0.4 is 5.84 Å². The molecular formula is C23H24N4O4S+. The number of hydrazine groups is 1. The monoisotopic (exact) mass is 452 g/mol. The summed E-state index contributed by atoms with van der Waals surface area (Å²) in [6.45, 7) is 0.384. The number of hydrogen-bond acceptors (Lipinski definition) is 5. The van der Waals surface area contributed by atoms with Gasteiger partial charge in [-0.2, -0.15) is 17.6 Å². The van der Waals surface area contributed by atoms with E-state index in [4.69, 9.17) is 5.84 Å². The predicted molar refractivity (Wildman–Crippen MR) is 121 cm³/mol. The van der Waals surface area contributed by atoms with Crippen LogP contribution in [-0.2, 0) is 15.3 Å². The molecule has 0 aliphatic carbocycles. The van der Waals surface area contributed by atoms with Gasteiger partial charge in [0.1, 0.15) is 6.04 Å². The van der Waals surface area contributed by atoms with E-state index in [-0.39, 0.29) is 46.3 Å². The van der Waals surface area contributed by atoms with Gasteiger partial charge < -0.3 is 9.80 Å². The topological polar surface area (TPSA) is 104 Å². The third-order valence-electron chi connectivity index (χ3n) is 5.80. The van der Waals surface area contributed by atoms with Crippen molar-refractivity contribution in [2.45, 2.75) is 24.3 Å². The fourth-order valence-corrected chi connectivity index (χ4v) is 5.09. The summed E-state index contributed by atoms with van der Waals surface area (Å²) in [5.74, 6) is 5.93. The van der Waals surface area contributed by atoms with Crippen LogP contribution in [0.25, 0.3) is 0 Å². The Kier molecular flexibility index (Phi) is 6.55. The molecule has 2 amide bonds. The molecule has 2 fully saturated rings. The molecule has 2 aromatic rings. The third kappa shape index (κ3) is 4.52. The van der Waals surface area contributed by atoms with Crippen molar-refractivity contribution in [3.8, 4) is 0 Å². The molecule has 2 heterocycles. The number of amides is 2. The van der Waals surface area contributed by atoms with Crippen LogP contribution >= 0.6 is 11.8 Å². The number of fused-ring (bicyclic) bond motifs is 1. The number of thioether (sulfide) groups is 1. The second-order valence-electron chi connectivity index (χ2n) is 7.81. The molecular weight excluding hydrogens is 428 g/mol. The first-order chi connectivity index (χ1) is 15.5. The maximum Gasteiger partial charge on any atom is 0.292 e. The van der Waals surface area contributed by atoms with Crippen LogP contribution in [0.4, 0.5) is 5.69 Å². The van der Waals surface area contributed by atoms with Crippen LogP contribution in [0.2, 0.25) is 0 Å². The summed E-state index contributed by atoms with van der Waals surface area (Å²) in [5, 5.41) is 0. The Labute approximate surface area is 190 Å². The van der Waals surface area contributed by atoms with Crippen molar-refractivity contribution in [3.05, 3.63) is 77.1 Å². The highest BCUT2D eigenvalue weighted by Gasteiger charge is 2.51. The van der Waals surface area contributed by atoms with Crippen molar-refractivity contribution in [1.29, 1.82) is 0 Å². The predicted octanol–water partition coefficient (Wildman–Crippen LogP) is 2.10. The van der Waals surface area contributed by atoms with Crippen LogP contribution in [0.15, 0.2) is 54.6 Å². The lowest BCUT2D eigenvalue weighted by Crippen LogP contribution is -2.43. The van der Waals surface area contributed by atoms with E-state index in [9.17, 15) is 19.3 Å². The number of Topliss-reactive ketones (excluding diaryl/α,β-unsaturated/α-hetero) is 1. The quantitative estimate of drug-likeness (QED) is 0.299. The maximum atomic E-state index is 13.0. The van der Waals surface area contributed by atoms with Gasteiger partial charge in [-0.1, -0.05) is 36.4 Å². The number of benzene rings is 2. The molecule has 2 atom stereocenters. The molecule has 1 radical (unpaired) electrons. The molecule has 0 spiro atoms. The fraction of sp³-hybridized carbons (Fsp3) is 0.304. The van der Waals surface area contributed by atoms with Crippen molar-refractivity contribution in [3.63, 3.8) is 0 Å². The zero-order valence-electron chi connectivity index (χ0n) is 17.4. The summed E-state index contributed by atoms with van der Waals surface area (Å²) in [4.78, 5) is 53.1. The van der Waals surface area contributed by atoms with Crippen molar-refractivity contribution in [2.75, 3.05) is 18.8 Å². The van der Waals surface area contributed by atoms with E-state index in [0.29, 0.717) is 18.7 Å². The van der Waals surface area contributed by atoms with Gasteiger partial charge in [0.25, 0.3) is 11.6 Å². The number of carbonyl (C=O) groups excluding carboxylic acids is 3. The summed E-state index contributed by atoms with van der Waals surface area (Å²) < 4.78 is 0. The van der Waals surface area contributed by atoms with Gasteiger partial charge in [0.2, 0.25) is 5.91 Å². The molecule has 9 heteroatoms. The number of hydrogen-bond donors (Lipinski definition) is 1. The summed E-state index contributed by atoms with van der Waals surface area (Å²) in [6.07, 6.45) is 2.16. The lowest BCUT2D eigenvalue weighted by Gasteiger charge is -2.24. The second-order valence-corrected chi connectivity index (χ2v) is 8.84. The fourth-order valence-electron chi connectivity index (χ4n) is 4.28. The average Bonchev–Trinajstić information content (AvgIpc) is 3.38.